The van der Waals surface area contributed by atoms with E-state index in [1.807, 2.05) is 26.4 Å². The number of quaternary nitrogens is 1. The lowest BCUT2D eigenvalue weighted by Crippen LogP contribution is -3.00. The highest BCUT2D eigenvalue weighted by atomic mass is 35.5. The van der Waals surface area contributed by atoms with Crippen LogP contribution < -0.4 is 10.6 Å². The van der Waals surface area contributed by atoms with Gasteiger partial charge in [-0.15, -0.1) is 0 Å². The van der Waals surface area contributed by atoms with Gasteiger partial charge in [0.05, 0.1) is 20.3 Å². The molecule has 0 heterocycles. The van der Waals surface area contributed by atoms with E-state index in [2.05, 4.69) is 0 Å². The maximum Gasteiger partial charge on any atom is 0.259 e. The van der Waals surface area contributed by atoms with E-state index in [1.165, 1.54) is 0 Å². The molecule has 1 rings (SSSR count). The first kappa shape index (κ1) is 15.0. The zero-order valence-corrected chi connectivity index (χ0v) is 11.5. The quantitative estimate of drug-likeness (QED) is 0.484. The average molecular weight is 277 g/mol. The van der Waals surface area contributed by atoms with Crippen molar-refractivity contribution in [1.29, 1.82) is 5.26 Å². The van der Waals surface area contributed by atoms with Crippen LogP contribution in [0.5, 0.6) is 0 Å². The molecule has 4 nitrogen and oxygen atoms in total. The van der Waals surface area contributed by atoms with E-state index in [0.29, 0.717) is 10.6 Å². The first-order valence-corrected chi connectivity index (χ1v) is 6.02. The van der Waals surface area contributed by atoms with Crippen molar-refractivity contribution in [2.75, 3.05) is 14.1 Å². The largest absolute Gasteiger partial charge is 0.365 e. The molecule has 5 heteroatoms. The van der Waals surface area contributed by atoms with E-state index in [9.17, 15) is 4.79 Å². The van der Waals surface area contributed by atoms with Crippen molar-refractivity contribution in [2.45, 2.75) is 0 Å². The minimum Gasteiger partial charge on any atom is -0.365 e. The van der Waals surface area contributed by atoms with E-state index < -0.39 is 5.91 Å². The Labute approximate surface area is 117 Å². The topological polar surface area (TPSA) is 71.3 Å². The Balaban J connectivity index is 3.39. The highest BCUT2D eigenvalue weighted by Crippen LogP contribution is 2.21. The average Bonchev–Trinajstić information content (AvgIpc) is 2.35. The molecule has 3 N–H and O–H groups in total. The predicted octanol–water partition coefficient (Wildman–Crippen LogP) is 0.761. The van der Waals surface area contributed by atoms with Crippen LogP contribution in [-0.4, -0.2) is 20.0 Å². The van der Waals surface area contributed by atoms with Gasteiger partial charge in [0, 0.05) is 16.7 Å². The number of carbonyl (C=O) groups is 1. The molecule has 0 aliphatic rings. The number of nitriles is 1. The minimum absolute atomic E-state index is 0.0696. The van der Waals surface area contributed by atoms with Crippen molar-refractivity contribution in [3.05, 3.63) is 52.7 Å². The Bertz CT molecular complexity index is 565. The van der Waals surface area contributed by atoms with Gasteiger partial charge in [-0.2, -0.15) is 5.26 Å². The van der Waals surface area contributed by atoms with Gasteiger partial charge in [-0.3, -0.25) is 4.79 Å². The molecule has 0 aliphatic carbocycles. The monoisotopic (exact) mass is 276 g/mol. The van der Waals surface area contributed by atoms with E-state index in [1.54, 1.807) is 30.3 Å². The number of primary amides is 1. The van der Waals surface area contributed by atoms with Crippen LogP contribution in [0.4, 0.5) is 0 Å². The highest BCUT2D eigenvalue weighted by Gasteiger charge is 2.12. The van der Waals surface area contributed by atoms with Gasteiger partial charge in [-0.25, -0.2) is 0 Å². The molecule has 0 aliphatic heterocycles. The molecule has 1 amide bonds. The van der Waals surface area contributed by atoms with Crippen LogP contribution in [0.1, 0.15) is 5.56 Å². The van der Waals surface area contributed by atoms with Gasteiger partial charge < -0.3 is 10.6 Å². The summed E-state index contributed by atoms with van der Waals surface area (Å²) in [4.78, 5) is 12.4. The maximum absolute atomic E-state index is 11.3. The second-order valence-corrected chi connectivity index (χ2v) is 4.62. The summed E-state index contributed by atoms with van der Waals surface area (Å²) in [7, 11) is 3.85. The Morgan fingerprint density at radius 3 is 2.37 bits per heavy atom. The molecule has 0 unspecified atom stereocenters. The SMILES string of the molecule is C[NH+](C)/C=C/C(=C(/C#N)C(N)=O)c1ccc(Cl)cc1. The lowest BCUT2D eigenvalue weighted by Gasteiger charge is -2.06. The van der Waals surface area contributed by atoms with Gasteiger partial charge in [0.25, 0.3) is 5.91 Å². The fourth-order valence-electron chi connectivity index (χ4n) is 1.45. The summed E-state index contributed by atoms with van der Waals surface area (Å²) >= 11 is 5.83. The number of nitrogens with two attached hydrogens (primary N) is 1. The normalized spacial score (nSPS) is 12.4. The van der Waals surface area contributed by atoms with Crippen LogP contribution in [-0.2, 0) is 4.79 Å². The lowest BCUT2D eigenvalue weighted by atomic mass is 10.00. The molecule has 0 fully saturated rings. The van der Waals surface area contributed by atoms with E-state index in [0.717, 1.165) is 10.5 Å². The van der Waals surface area contributed by atoms with Gasteiger partial charge in [0.2, 0.25) is 0 Å². The smallest absolute Gasteiger partial charge is 0.259 e. The second-order valence-electron chi connectivity index (χ2n) is 4.18. The zero-order valence-electron chi connectivity index (χ0n) is 10.8. The van der Waals surface area contributed by atoms with Crippen LogP contribution >= 0.6 is 11.6 Å². The number of hydrogen-bond donors (Lipinski definition) is 2. The van der Waals surface area contributed by atoms with E-state index in [-0.39, 0.29) is 5.57 Å². The summed E-state index contributed by atoms with van der Waals surface area (Å²) < 4.78 is 0. The molecule has 0 spiro atoms. The summed E-state index contributed by atoms with van der Waals surface area (Å²) in [5.41, 5.74) is 6.38. The van der Waals surface area contributed by atoms with Crippen LogP contribution in [0.2, 0.25) is 5.02 Å². The first-order chi connectivity index (χ1) is 8.95. The summed E-state index contributed by atoms with van der Waals surface area (Å²) in [5, 5.41) is 9.66. The lowest BCUT2D eigenvalue weighted by molar-refractivity contribution is -0.801. The molecule has 1 aromatic rings. The molecule has 0 bridgehead atoms. The van der Waals surface area contributed by atoms with E-state index >= 15 is 0 Å². The fourth-order valence-corrected chi connectivity index (χ4v) is 1.58. The second kappa shape index (κ2) is 6.74. The third-order valence-corrected chi connectivity index (χ3v) is 2.62. The molecule has 0 saturated carbocycles. The van der Waals surface area contributed by atoms with Crippen molar-refractivity contribution in [1.82, 2.24) is 0 Å². The molecule has 0 radical (unpaired) electrons. The van der Waals surface area contributed by atoms with Crippen molar-refractivity contribution < 1.29 is 9.69 Å². The van der Waals surface area contributed by atoms with Crippen LogP contribution in [0.25, 0.3) is 5.57 Å². The number of allylic oxidation sites excluding steroid dienone is 2. The predicted molar refractivity (Wildman–Crippen MR) is 75.1 cm³/mol. The molecule has 0 aromatic heterocycles. The molecule has 0 atom stereocenters. The maximum atomic E-state index is 11.3. The van der Waals surface area contributed by atoms with Crippen molar-refractivity contribution in [3.63, 3.8) is 0 Å². The minimum atomic E-state index is -0.745. The molecule has 19 heavy (non-hydrogen) atoms. The van der Waals surface area contributed by atoms with Gasteiger partial charge in [0.1, 0.15) is 11.6 Å². The summed E-state index contributed by atoms with van der Waals surface area (Å²) in [5.74, 6) is -0.745. The summed E-state index contributed by atoms with van der Waals surface area (Å²) in [6.07, 6.45) is 3.53. The number of halogens is 1. The van der Waals surface area contributed by atoms with Crippen LogP contribution in [0.15, 0.2) is 42.1 Å². The zero-order chi connectivity index (χ0) is 14.4. The highest BCUT2D eigenvalue weighted by molar-refractivity contribution is 6.30. The van der Waals surface area contributed by atoms with Crippen LogP contribution in [0.3, 0.4) is 0 Å². The number of amides is 1. The van der Waals surface area contributed by atoms with Gasteiger partial charge >= 0.3 is 0 Å². The van der Waals surface area contributed by atoms with Gasteiger partial charge in [-0.05, 0) is 17.7 Å². The molecule has 98 valence electrons. The number of hydrogen-bond acceptors (Lipinski definition) is 2. The van der Waals surface area contributed by atoms with Crippen LogP contribution in [0, 0.1) is 11.3 Å². The molecular weight excluding hydrogens is 262 g/mol. The number of rotatable bonds is 4. The van der Waals surface area contributed by atoms with Gasteiger partial charge in [0.15, 0.2) is 0 Å². The molecule has 0 saturated heterocycles. The molecular formula is C14H15ClN3O+. The molecule has 1 aromatic carbocycles. The first-order valence-electron chi connectivity index (χ1n) is 5.64. The van der Waals surface area contributed by atoms with Crippen molar-refractivity contribution >= 4 is 23.1 Å². The Hall–Kier alpha value is -2.09. The number of nitrogens with zero attached hydrogens (tertiary/aromatic N) is 1. The number of carbonyl (C=O) groups excluding carboxylic acids is 1. The summed E-state index contributed by atoms with van der Waals surface area (Å²) in [6.45, 7) is 0. The Kier molecular flexibility index (Phi) is 5.31. The Morgan fingerprint density at radius 2 is 1.95 bits per heavy atom. The Morgan fingerprint density at radius 1 is 1.37 bits per heavy atom. The third-order valence-electron chi connectivity index (χ3n) is 2.37. The number of benzene rings is 1. The van der Waals surface area contributed by atoms with E-state index in [4.69, 9.17) is 22.6 Å². The summed E-state index contributed by atoms with van der Waals surface area (Å²) in [6, 6.07) is 8.73. The standard InChI is InChI=1S/C14H14ClN3O/c1-18(2)8-7-12(13(9-16)14(17)19)10-3-5-11(15)6-4-10/h3-8H,1-2H3,(H2,17,19)/p+1/b8-7+,13-12+. The van der Waals surface area contributed by atoms with Crippen molar-refractivity contribution in [2.24, 2.45) is 5.73 Å². The van der Waals surface area contributed by atoms with Gasteiger partial charge in [-0.1, -0.05) is 23.7 Å². The van der Waals surface area contributed by atoms with Crippen molar-refractivity contribution in [3.8, 4) is 6.07 Å². The third kappa shape index (κ3) is 4.25. The fraction of sp³-hybridized carbons (Fsp3) is 0.143. The number of nitrogens with one attached hydrogen (secondary N) is 1.